The number of aromatic nitrogens is 2. The highest BCUT2D eigenvalue weighted by Crippen LogP contribution is 2.33. The van der Waals surface area contributed by atoms with E-state index in [0.717, 1.165) is 11.7 Å². The molecule has 0 fully saturated rings. The van der Waals surface area contributed by atoms with Gasteiger partial charge in [0.1, 0.15) is 11.0 Å². The van der Waals surface area contributed by atoms with Crippen LogP contribution < -0.4 is 5.32 Å². The third-order valence-corrected chi connectivity index (χ3v) is 4.90. The van der Waals surface area contributed by atoms with Gasteiger partial charge in [0, 0.05) is 0 Å². The number of carbonyl (C=O) groups is 2. The Labute approximate surface area is 121 Å². The van der Waals surface area contributed by atoms with E-state index >= 15 is 0 Å². The first-order chi connectivity index (χ1) is 7.61. The fourth-order valence-electron chi connectivity index (χ4n) is 1.59. The Morgan fingerprint density at radius 2 is 1.38 bits per heavy atom. The average Bonchev–Trinajstić information content (AvgIpc) is 2.80. The summed E-state index contributed by atoms with van der Waals surface area (Å²) in [5, 5.41) is 2.29. The number of carbonyl (C=O) groups excluding carboxylic acids is 2. The molecule has 1 aromatic carbocycles. The zero-order chi connectivity index (χ0) is 11.4. The van der Waals surface area contributed by atoms with E-state index in [9.17, 15) is 9.59 Å². The molecule has 0 spiro atoms. The van der Waals surface area contributed by atoms with Crippen molar-refractivity contribution in [2.45, 2.75) is 0 Å². The predicted molar refractivity (Wildman–Crippen MR) is 74.6 cm³/mol. The SMILES string of the molecule is O=C1NC(=O)c2c1c(I)c1nsnc1c2I. The highest BCUT2D eigenvalue weighted by Gasteiger charge is 2.34. The highest BCUT2D eigenvalue weighted by atomic mass is 127. The fourth-order valence-corrected chi connectivity index (χ4v) is 4.26. The number of imide groups is 1. The van der Waals surface area contributed by atoms with E-state index in [1.54, 1.807) is 0 Å². The van der Waals surface area contributed by atoms with Crippen molar-refractivity contribution in [3.63, 3.8) is 0 Å². The lowest BCUT2D eigenvalue weighted by molar-refractivity contribution is 0.0879. The first-order valence-corrected chi connectivity index (χ1v) is 6.99. The summed E-state index contributed by atoms with van der Waals surface area (Å²) in [6.45, 7) is 0. The molecule has 3 rings (SSSR count). The first-order valence-electron chi connectivity index (χ1n) is 4.10. The molecule has 16 heavy (non-hydrogen) atoms. The second-order valence-corrected chi connectivity index (χ2v) is 5.81. The molecule has 1 aliphatic heterocycles. The molecule has 2 heterocycles. The van der Waals surface area contributed by atoms with Crippen molar-refractivity contribution in [3.05, 3.63) is 18.3 Å². The minimum Gasteiger partial charge on any atom is -0.288 e. The van der Waals surface area contributed by atoms with Crippen LogP contribution in [-0.2, 0) is 0 Å². The first kappa shape index (κ1) is 10.8. The number of hydrogen-bond donors (Lipinski definition) is 1. The van der Waals surface area contributed by atoms with E-state index in [1.807, 2.05) is 45.2 Å². The van der Waals surface area contributed by atoms with Crippen molar-refractivity contribution in [2.75, 3.05) is 0 Å². The van der Waals surface area contributed by atoms with Crippen molar-refractivity contribution >= 4 is 79.8 Å². The summed E-state index contributed by atoms with van der Waals surface area (Å²) in [6, 6.07) is 0. The summed E-state index contributed by atoms with van der Waals surface area (Å²) in [5.41, 5.74) is 2.24. The van der Waals surface area contributed by atoms with Gasteiger partial charge >= 0.3 is 0 Å². The van der Waals surface area contributed by atoms with Crippen LogP contribution in [-0.4, -0.2) is 20.6 Å². The zero-order valence-electron chi connectivity index (χ0n) is 7.38. The molecule has 2 aromatic rings. The molecular weight excluding hydrogens is 456 g/mol. The van der Waals surface area contributed by atoms with Crippen LogP contribution in [0.5, 0.6) is 0 Å². The van der Waals surface area contributed by atoms with Crippen LogP contribution in [0.4, 0.5) is 0 Å². The maximum absolute atomic E-state index is 11.6. The topological polar surface area (TPSA) is 72.0 Å². The largest absolute Gasteiger partial charge is 0.288 e. The third kappa shape index (κ3) is 1.26. The number of benzene rings is 1. The van der Waals surface area contributed by atoms with E-state index in [0.29, 0.717) is 29.3 Å². The van der Waals surface area contributed by atoms with Gasteiger partial charge in [-0.05, 0) is 45.2 Å². The summed E-state index contributed by atoms with van der Waals surface area (Å²) < 4.78 is 9.68. The van der Waals surface area contributed by atoms with Crippen LogP contribution in [0.2, 0.25) is 0 Å². The molecule has 80 valence electrons. The van der Waals surface area contributed by atoms with Gasteiger partial charge in [-0.3, -0.25) is 14.9 Å². The minimum absolute atomic E-state index is 0.350. The second kappa shape index (κ2) is 3.57. The molecule has 0 saturated heterocycles. The number of hydrogen-bond acceptors (Lipinski definition) is 5. The lowest BCUT2D eigenvalue weighted by Crippen LogP contribution is -2.20. The van der Waals surface area contributed by atoms with Gasteiger partial charge < -0.3 is 0 Å². The Kier molecular flexibility index (Phi) is 2.40. The maximum Gasteiger partial charge on any atom is 0.260 e. The molecule has 1 aliphatic rings. The monoisotopic (exact) mass is 457 g/mol. The summed E-state index contributed by atoms with van der Waals surface area (Å²) in [4.78, 5) is 23.3. The summed E-state index contributed by atoms with van der Waals surface area (Å²) in [5.74, 6) is -0.700. The standard InChI is InChI=1S/C8HI2N3O2S/c9-3-1-2(8(15)11-7(1)14)4(10)6-5(3)12-16-13-6/h(H,11,14,15). The zero-order valence-corrected chi connectivity index (χ0v) is 12.5. The van der Waals surface area contributed by atoms with Crippen molar-refractivity contribution in [2.24, 2.45) is 0 Å². The Bertz CT molecular complexity index is 613. The number of halogens is 2. The van der Waals surface area contributed by atoms with E-state index in [2.05, 4.69) is 14.1 Å². The van der Waals surface area contributed by atoms with Crippen LogP contribution in [0.3, 0.4) is 0 Å². The molecule has 0 aliphatic carbocycles. The summed E-state index contributed by atoms with van der Waals surface area (Å²) in [6.07, 6.45) is 0. The number of rotatable bonds is 0. The third-order valence-electron chi connectivity index (χ3n) is 2.27. The molecule has 5 nitrogen and oxygen atoms in total. The normalized spacial score (nSPS) is 14.4. The molecule has 0 bridgehead atoms. The second-order valence-electron chi connectivity index (χ2n) is 3.12. The van der Waals surface area contributed by atoms with Gasteiger partial charge in [0.05, 0.1) is 30.0 Å². The van der Waals surface area contributed by atoms with Crippen LogP contribution in [0.25, 0.3) is 11.0 Å². The lowest BCUT2D eigenvalue weighted by atomic mass is 10.1. The number of fused-ring (bicyclic) bond motifs is 2. The van der Waals surface area contributed by atoms with Crippen molar-refractivity contribution in [1.29, 1.82) is 0 Å². The molecule has 8 heteroatoms. The van der Waals surface area contributed by atoms with Crippen LogP contribution in [0, 0.1) is 7.14 Å². The van der Waals surface area contributed by atoms with Gasteiger partial charge in [0.25, 0.3) is 11.8 Å². The Balaban J connectivity index is 2.58. The van der Waals surface area contributed by atoms with Crippen LogP contribution >= 0.6 is 56.9 Å². The smallest absolute Gasteiger partial charge is 0.260 e. The van der Waals surface area contributed by atoms with Crippen LogP contribution in [0.1, 0.15) is 20.7 Å². The average molecular weight is 457 g/mol. The number of amides is 2. The van der Waals surface area contributed by atoms with Gasteiger partial charge in [0.2, 0.25) is 0 Å². The molecule has 1 aromatic heterocycles. The van der Waals surface area contributed by atoms with Crippen molar-refractivity contribution in [3.8, 4) is 0 Å². The van der Waals surface area contributed by atoms with Crippen LogP contribution in [0.15, 0.2) is 0 Å². The molecule has 1 N–H and O–H groups in total. The fraction of sp³-hybridized carbons (Fsp3) is 0. The molecule has 0 atom stereocenters. The molecule has 0 saturated carbocycles. The van der Waals surface area contributed by atoms with Gasteiger partial charge in [-0.15, -0.1) is 0 Å². The minimum atomic E-state index is -0.350. The van der Waals surface area contributed by atoms with E-state index in [1.165, 1.54) is 0 Å². The Hall–Kier alpha value is -0.360. The van der Waals surface area contributed by atoms with Gasteiger partial charge in [-0.1, -0.05) is 0 Å². The van der Waals surface area contributed by atoms with Crippen molar-refractivity contribution in [1.82, 2.24) is 14.1 Å². The lowest BCUT2D eigenvalue weighted by Gasteiger charge is -2.01. The summed E-state index contributed by atoms with van der Waals surface area (Å²) >= 11 is 5.14. The number of nitrogens with one attached hydrogen (secondary N) is 1. The highest BCUT2D eigenvalue weighted by molar-refractivity contribution is 14.1. The molecule has 0 radical (unpaired) electrons. The van der Waals surface area contributed by atoms with E-state index in [4.69, 9.17) is 0 Å². The van der Waals surface area contributed by atoms with E-state index < -0.39 is 0 Å². The molecule has 0 unspecified atom stereocenters. The van der Waals surface area contributed by atoms with Crippen molar-refractivity contribution < 1.29 is 9.59 Å². The maximum atomic E-state index is 11.6. The van der Waals surface area contributed by atoms with Gasteiger partial charge in [0.15, 0.2) is 0 Å². The Morgan fingerprint density at radius 3 is 1.81 bits per heavy atom. The molecular formula is C8HI2N3O2S. The predicted octanol–water partition coefficient (Wildman–Crippen LogP) is 1.78. The van der Waals surface area contributed by atoms with Gasteiger partial charge in [-0.25, -0.2) is 0 Å². The van der Waals surface area contributed by atoms with E-state index in [-0.39, 0.29) is 11.8 Å². The van der Waals surface area contributed by atoms with Gasteiger partial charge in [-0.2, -0.15) is 8.75 Å². The number of nitrogens with zero attached hydrogens (tertiary/aromatic N) is 2. The molecule has 2 amide bonds. The Morgan fingerprint density at radius 1 is 0.938 bits per heavy atom. The summed E-state index contributed by atoms with van der Waals surface area (Å²) in [7, 11) is 0. The quantitative estimate of drug-likeness (QED) is 0.484.